The topological polar surface area (TPSA) is 131 Å². The number of carbonyl (C=O) groups is 4. The predicted octanol–water partition coefficient (Wildman–Crippen LogP) is 3.42. The van der Waals surface area contributed by atoms with Crippen LogP contribution in [-0.4, -0.2) is 46.9 Å². The quantitative estimate of drug-likeness (QED) is 0.359. The third-order valence-corrected chi connectivity index (χ3v) is 5.71. The molecule has 0 heterocycles. The number of carbonyl (C=O) groups excluding carboxylic acids is 4. The monoisotopic (exact) mass is 534 g/mol. The fourth-order valence-corrected chi connectivity index (χ4v) is 3.95. The summed E-state index contributed by atoms with van der Waals surface area (Å²) in [5.41, 5.74) is 6.36. The van der Waals surface area contributed by atoms with Gasteiger partial charge in [-0.1, -0.05) is 67.8 Å². The Morgan fingerprint density at radius 1 is 1.05 bits per heavy atom. The number of hydrogen-bond acceptors (Lipinski definition) is 5. The molecule has 9 heteroatoms. The van der Waals surface area contributed by atoms with Crippen LogP contribution >= 0.6 is 0 Å². The van der Waals surface area contributed by atoms with Gasteiger partial charge >= 0.3 is 6.09 Å². The lowest BCUT2D eigenvalue weighted by Crippen LogP contribution is -2.54. The SMILES string of the molecule is C#Cc1ccccc1C(C(=O)NCc1ccccc1)N(CCCC)C(=O)C(CC(N)=O)NC(=O)OC(C)(C)C. The second-order valence-corrected chi connectivity index (χ2v) is 10.1. The largest absolute Gasteiger partial charge is 0.444 e. The van der Waals surface area contributed by atoms with Crippen molar-refractivity contribution in [2.75, 3.05) is 6.54 Å². The van der Waals surface area contributed by atoms with Gasteiger partial charge in [0, 0.05) is 18.7 Å². The molecule has 0 aliphatic rings. The van der Waals surface area contributed by atoms with Crippen molar-refractivity contribution in [3.05, 3.63) is 71.3 Å². The van der Waals surface area contributed by atoms with Crippen LogP contribution in [0.2, 0.25) is 0 Å². The van der Waals surface area contributed by atoms with Crippen molar-refractivity contribution in [3.63, 3.8) is 0 Å². The van der Waals surface area contributed by atoms with E-state index in [1.807, 2.05) is 37.3 Å². The molecule has 208 valence electrons. The molecule has 4 N–H and O–H groups in total. The van der Waals surface area contributed by atoms with Crippen molar-refractivity contribution in [2.45, 2.75) is 71.2 Å². The van der Waals surface area contributed by atoms with Crippen molar-refractivity contribution < 1.29 is 23.9 Å². The summed E-state index contributed by atoms with van der Waals surface area (Å²) in [6.45, 7) is 7.37. The molecule has 0 bridgehead atoms. The van der Waals surface area contributed by atoms with Gasteiger partial charge in [-0.25, -0.2) is 4.79 Å². The number of nitrogens with one attached hydrogen (secondary N) is 2. The Kier molecular flexibility index (Phi) is 11.5. The second-order valence-electron chi connectivity index (χ2n) is 10.1. The summed E-state index contributed by atoms with van der Waals surface area (Å²) in [5.74, 6) is 0.685. The number of benzene rings is 2. The first-order valence-electron chi connectivity index (χ1n) is 12.9. The van der Waals surface area contributed by atoms with Crippen LogP contribution in [0.25, 0.3) is 0 Å². The van der Waals surface area contributed by atoms with E-state index < -0.39 is 47.9 Å². The molecule has 0 spiro atoms. The van der Waals surface area contributed by atoms with Crippen LogP contribution in [0, 0.1) is 12.3 Å². The van der Waals surface area contributed by atoms with E-state index >= 15 is 0 Å². The zero-order valence-corrected chi connectivity index (χ0v) is 23.0. The maximum Gasteiger partial charge on any atom is 0.408 e. The van der Waals surface area contributed by atoms with Crippen LogP contribution in [0.3, 0.4) is 0 Å². The molecular formula is C30H38N4O5. The first-order valence-corrected chi connectivity index (χ1v) is 12.9. The van der Waals surface area contributed by atoms with E-state index in [0.29, 0.717) is 17.5 Å². The van der Waals surface area contributed by atoms with Crippen LogP contribution in [0.4, 0.5) is 4.79 Å². The molecular weight excluding hydrogens is 496 g/mol. The highest BCUT2D eigenvalue weighted by molar-refractivity contribution is 5.94. The number of nitrogens with two attached hydrogens (primary N) is 1. The zero-order chi connectivity index (χ0) is 29.0. The number of amides is 4. The lowest BCUT2D eigenvalue weighted by atomic mass is 9.96. The van der Waals surface area contributed by atoms with E-state index in [-0.39, 0.29) is 13.1 Å². The Hall–Kier alpha value is -4.32. The molecule has 2 aromatic carbocycles. The maximum absolute atomic E-state index is 14.0. The summed E-state index contributed by atoms with van der Waals surface area (Å²) in [5, 5.41) is 5.38. The lowest BCUT2D eigenvalue weighted by Gasteiger charge is -2.34. The average Bonchev–Trinajstić information content (AvgIpc) is 2.88. The van der Waals surface area contributed by atoms with Gasteiger partial charge in [0.1, 0.15) is 17.7 Å². The van der Waals surface area contributed by atoms with Gasteiger partial charge in [0.15, 0.2) is 0 Å². The van der Waals surface area contributed by atoms with E-state index in [1.165, 1.54) is 4.90 Å². The highest BCUT2D eigenvalue weighted by Crippen LogP contribution is 2.27. The normalized spacial score (nSPS) is 12.4. The highest BCUT2D eigenvalue weighted by Gasteiger charge is 2.37. The molecule has 4 amide bonds. The van der Waals surface area contributed by atoms with E-state index in [1.54, 1.807) is 45.0 Å². The van der Waals surface area contributed by atoms with Crippen LogP contribution < -0.4 is 16.4 Å². The number of alkyl carbamates (subject to hydrolysis) is 1. The van der Waals surface area contributed by atoms with Crippen LogP contribution in [-0.2, 0) is 25.7 Å². The third kappa shape index (κ3) is 9.82. The van der Waals surface area contributed by atoms with Gasteiger partial charge in [0.2, 0.25) is 17.7 Å². The van der Waals surface area contributed by atoms with Crippen molar-refractivity contribution in [2.24, 2.45) is 5.73 Å². The summed E-state index contributed by atoms with van der Waals surface area (Å²) >= 11 is 0. The number of nitrogens with zero attached hydrogens (tertiary/aromatic N) is 1. The third-order valence-electron chi connectivity index (χ3n) is 5.71. The predicted molar refractivity (Wildman–Crippen MR) is 149 cm³/mol. The first kappa shape index (κ1) is 30.9. The minimum Gasteiger partial charge on any atom is -0.444 e. The fourth-order valence-electron chi connectivity index (χ4n) is 3.95. The van der Waals surface area contributed by atoms with Crippen molar-refractivity contribution in [1.82, 2.24) is 15.5 Å². The van der Waals surface area contributed by atoms with Crippen molar-refractivity contribution in [3.8, 4) is 12.3 Å². The van der Waals surface area contributed by atoms with Gasteiger partial charge < -0.3 is 26.0 Å². The number of terminal acetylenes is 1. The standard InChI is InChI=1S/C30H38N4O5/c1-6-8-18-34(28(37)24(19-25(31)35)33-29(38)39-30(3,4)5)26(23-17-13-12-16-22(23)7-2)27(36)32-20-21-14-10-9-11-15-21/h2,9-17,24,26H,6,8,18-20H2,1,3-5H3,(H2,31,35)(H,32,36)(H,33,38). The molecule has 2 atom stereocenters. The summed E-state index contributed by atoms with van der Waals surface area (Å²) in [6, 6.07) is 13.7. The van der Waals surface area contributed by atoms with Crippen LogP contribution in [0.5, 0.6) is 0 Å². The lowest BCUT2D eigenvalue weighted by molar-refractivity contribution is -0.143. The Labute approximate surface area is 230 Å². The Morgan fingerprint density at radius 3 is 2.28 bits per heavy atom. The molecule has 0 aliphatic heterocycles. The number of primary amides is 1. The van der Waals surface area contributed by atoms with E-state index in [9.17, 15) is 19.2 Å². The van der Waals surface area contributed by atoms with E-state index in [4.69, 9.17) is 16.9 Å². The minimum atomic E-state index is -1.35. The number of ether oxygens (including phenoxy) is 1. The molecule has 0 aliphatic carbocycles. The number of rotatable bonds is 12. The molecule has 2 unspecified atom stereocenters. The summed E-state index contributed by atoms with van der Waals surface area (Å²) < 4.78 is 5.30. The fraction of sp³-hybridized carbons (Fsp3) is 0.400. The smallest absolute Gasteiger partial charge is 0.408 e. The first-order chi connectivity index (χ1) is 18.5. The zero-order valence-electron chi connectivity index (χ0n) is 23.0. The van der Waals surface area contributed by atoms with E-state index in [0.717, 1.165) is 12.0 Å². The maximum atomic E-state index is 14.0. The Balaban J connectivity index is 2.52. The molecule has 9 nitrogen and oxygen atoms in total. The van der Waals surface area contributed by atoms with Gasteiger partial charge in [0.05, 0.1) is 6.42 Å². The van der Waals surface area contributed by atoms with Gasteiger partial charge in [-0.15, -0.1) is 6.42 Å². The Morgan fingerprint density at radius 2 is 1.69 bits per heavy atom. The molecule has 0 saturated heterocycles. The number of unbranched alkanes of at least 4 members (excludes halogenated alkanes) is 1. The number of hydrogen-bond donors (Lipinski definition) is 3. The van der Waals surface area contributed by atoms with Crippen molar-refractivity contribution in [1.29, 1.82) is 0 Å². The van der Waals surface area contributed by atoms with Gasteiger partial charge in [-0.05, 0) is 44.4 Å². The summed E-state index contributed by atoms with van der Waals surface area (Å²) in [4.78, 5) is 53.6. The second kappa shape index (κ2) is 14.6. The molecule has 39 heavy (non-hydrogen) atoms. The highest BCUT2D eigenvalue weighted by atomic mass is 16.6. The van der Waals surface area contributed by atoms with Gasteiger partial charge in [0.25, 0.3) is 0 Å². The van der Waals surface area contributed by atoms with Crippen LogP contribution in [0.1, 0.15) is 69.7 Å². The summed E-state index contributed by atoms with van der Waals surface area (Å²) in [7, 11) is 0. The summed E-state index contributed by atoms with van der Waals surface area (Å²) in [6.07, 6.45) is 5.68. The van der Waals surface area contributed by atoms with E-state index in [2.05, 4.69) is 16.6 Å². The molecule has 0 fully saturated rings. The average molecular weight is 535 g/mol. The molecule has 2 aromatic rings. The van der Waals surface area contributed by atoms with Gasteiger partial charge in [-0.2, -0.15) is 0 Å². The molecule has 0 saturated carbocycles. The molecule has 2 rings (SSSR count). The molecule has 0 radical (unpaired) electrons. The van der Waals surface area contributed by atoms with Gasteiger partial charge in [-0.3, -0.25) is 14.4 Å². The van der Waals surface area contributed by atoms with Crippen LogP contribution in [0.15, 0.2) is 54.6 Å². The van der Waals surface area contributed by atoms with Crippen molar-refractivity contribution >= 4 is 23.8 Å². The Bertz CT molecular complexity index is 1180. The minimum absolute atomic E-state index is 0.170. The molecule has 0 aromatic heterocycles.